The molecule has 0 saturated heterocycles. The Bertz CT molecular complexity index is 1250. The number of rotatable bonds is 7. The maximum atomic E-state index is 12.6. The zero-order valence-electron chi connectivity index (χ0n) is 17.9. The molecule has 9 heteroatoms. The van der Waals surface area contributed by atoms with Crippen molar-refractivity contribution < 1.29 is 22.7 Å². The summed E-state index contributed by atoms with van der Waals surface area (Å²) >= 11 is 6.03. The average molecular weight is 487 g/mol. The van der Waals surface area contributed by atoms with E-state index in [9.17, 15) is 13.2 Å². The summed E-state index contributed by atoms with van der Waals surface area (Å²) in [5.74, 6) is 1.10. The summed E-state index contributed by atoms with van der Waals surface area (Å²) in [4.78, 5) is 12.6. The van der Waals surface area contributed by atoms with E-state index in [1.807, 2.05) is 24.3 Å². The number of halogens is 1. The number of ether oxygens (including phenoxy) is 2. The fourth-order valence-electron chi connectivity index (χ4n) is 3.43. The number of fused-ring (bicyclic) bond motifs is 1. The van der Waals surface area contributed by atoms with Gasteiger partial charge in [-0.3, -0.25) is 9.10 Å². The van der Waals surface area contributed by atoms with Crippen LogP contribution in [0.5, 0.6) is 11.5 Å². The molecule has 4 rings (SSSR count). The van der Waals surface area contributed by atoms with Gasteiger partial charge in [0.05, 0.1) is 25.0 Å². The van der Waals surface area contributed by atoms with E-state index in [0.717, 1.165) is 11.8 Å². The topological polar surface area (TPSA) is 84.9 Å². The Morgan fingerprint density at radius 2 is 1.79 bits per heavy atom. The minimum atomic E-state index is -3.53. The fraction of sp³-hybridized carbons (Fsp3) is 0.208. The molecule has 3 aromatic carbocycles. The highest BCUT2D eigenvalue weighted by Crippen LogP contribution is 2.30. The number of carbonyl (C=O) groups excluding carboxylic acids is 1. The molecule has 0 radical (unpaired) electrons. The Labute approximate surface area is 197 Å². The van der Waals surface area contributed by atoms with Crippen LogP contribution >= 0.6 is 11.6 Å². The zero-order valence-corrected chi connectivity index (χ0v) is 19.5. The van der Waals surface area contributed by atoms with Gasteiger partial charge in [-0.05, 0) is 48.0 Å². The van der Waals surface area contributed by atoms with Gasteiger partial charge in [-0.2, -0.15) is 0 Å². The molecule has 0 bridgehead atoms. The monoisotopic (exact) mass is 486 g/mol. The minimum absolute atomic E-state index is 0.119. The van der Waals surface area contributed by atoms with Crippen LogP contribution in [0.15, 0.2) is 72.8 Å². The first-order chi connectivity index (χ1) is 15.8. The van der Waals surface area contributed by atoms with Gasteiger partial charge in [-0.25, -0.2) is 8.42 Å². The number of sulfonamides is 1. The molecule has 1 aliphatic heterocycles. The smallest absolute Gasteiger partial charge is 0.251 e. The van der Waals surface area contributed by atoms with Crippen molar-refractivity contribution in [3.8, 4) is 11.5 Å². The van der Waals surface area contributed by atoms with Crippen LogP contribution in [-0.4, -0.2) is 39.8 Å². The highest BCUT2D eigenvalue weighted by atomic mass is 35.5. The molecule has 0 saturated carbocycles. The molecule has 0 aliphatic carbocycles. The van der Waals surface area contributed by atoms with Gasteiger partial charge in [0.2, 0.25) is 10.0 Å². The molecule has 7 nitrogen and oxygen atoms in total. The number of para-hydroxylation sites is 2. The first-order valence-electron chi connectivity index (χ1n) is 10.3. The second kappa shape index (κ2) is 9.72. The quantitative estimate of drug-likeness (QED) is 0.548. The maximum absolute atomic E-state index is 12.6. The van der Waals surface area contributed by atoms with E-state index in [1.165, 1.54) is 4.31 Å². The van der Waals surface area contributed by atoms with Crippen LogP contribution in [0.2, 0.25) is 5.02 Å². The summed E-state index contributed by atoms with van der Waals surface area (Å²) in [6, 6.07) is 20.8. The number of nitrogens with zero attached hydrogens (tertiary/aromatic N) is 1. The predicted octanol–water partition coefficient (Wildman–Crippen LogP) is 3.88. The fourth-order valence-corrected chi connectivity index (χ4v) is 4.50. The summed E-state index contributed by atoms with van der Waals surface area (Å²) in [6.45, 7) is 0.764. The first-order valence-corrected chi connectivity index (χ1v) is 12.5. The maximum Gasteiger partial charge on any atom is 0.251 e. The number of anilines is 1. The van der Waals surface area contributed by atoms with Crippen LogP contribution in [0.1, 0.15) is 15.9 Å². The number of nitrogens with one attached hydrogen (secondary N) is 1. The summed E-state index contributed by atoms with van der Waals surface area (Å²) < 4.78 is 37.4. The lowest BCUT2D eigenvalue weighted by atomic mass is 10.1. The van der Waals surface area contributed by atoms with Crippen molar-refractivity contribution in [3.63, 3.8) is 0 Å². The third-order valence-corrected chi connectivity index (χ3v) is 6.47. The van der Waals surface area contributed by atoms with Gasteiger partial charge in [0.15, 0.2) is 11.5 Å². The van der Waals surface area contributed by atoms with Gasteiger partial charge in [0, 0.05) is 10.6 Å². The van der Waals surface area contributed by atoms with Crippen molar-refractivity contribution in [2.75, 3.05) is 23.7 Å². The van der Waals surface area contributed by atoms with Crippen LogP contribution in [0.4, 0.5) is 5.69 Å². The Morgan fingerprint density at radius 3 is 2.48 bits per heavy atom. The Kier molecular flexibility index (Phi) is 6.76. The molecular weight excluding hydrogens is 464 g/mol. The van der Waals surface area contributed by atoms with E-state index in [1.54, 1.807) is 48.5 Å². The van der Waals surface area contributed by atoms with Gasteiger partial charge in [-0.1, -0.05) is 41.9 Å². The molecule has 0 fully saturated rings. The molecular formula is C24H23ClN2O5S. The lowest BCUT2D eigenvalue weighted by Gasteiger charge is -2.26. The summed E-state index contributed by atoms with van der Waals surface area (Å²) in [7, 11) is -3.53. The van der Waals surface area contributed by atoms with E-state index in [0.29, 0.717) is 40.9 Å². The van der Waals surface area contributed by atoms with Gasteiger partial charge in [0.25, 0.3) is 5.91 Å². The largest absolute Gasteiger partial charge is 0.486 e. The molecule has 0 unspecified atom stereocenters. The van der Waals surface area contributed by atoms with Crippen molar-refractivity contribution in [2.24, 2.45) is 0 Å². The van der Waals surface area contributed by atoms with Gasteiger partial charge >= 0.3 is 0 Å². The molecule has 33 heavy (non-hydrogen) atoms. The van der Waals surface area contributed by atoms with Gasteiger partial charge in [-0.15, -0.1) is 0 Å². The molecule has 1 N–H and O–H groups in total. The Morgan fingerprint density at radius 1 is 1.06 bits per heavy atom. The van der Waals surface area contributed by atoms with E-state index in [-0.39, 0.29) is 18.6 Å². The Balaban J connectivity index is 1.38. The van der Waals surface area contributed by atoms with Crippen molar-refractivity contribution in [2.45, 2.75) is 12.6 Å². The van der Waals surface area contributed by atoms with Crippen molar-refractivity contribution in [3.05, 3.63) is 88.9 Å². The van der Waals surface area contributed by atoms with Crippen LogP contribution in [-0.2, 0) is 16.6 Å². The zero-order chi connectivity index (χ0) is 23.4. The molecule has 0 spiro atoms. The predicted molar refractivity (Wildman–Crippen MR) is 128 cm³/mol. The Hall–Kier alpha value is -3.23. The van der Waals surface area contributed by atoms with Crippen LogP contribution in [0.25, 0.3) is 0 Å². The standard InChI is InChI=1S/C24H23ClN2O5S/c1-33(29,30)27(20-6-4-5-19(25)13-20)15-17-9-11-18(12-10-17)24(28)26-14-21-16-31-22-7-2-3-8-23(22)32-21/h2-13,21H,14-16H2,1H3,(H,26,28)/t21-/m0/s1. The van der Waals surface area contributed by atoms with Gasteiger partial charge < -0.3 is 14.8 Å². The number of carbonyl (C=O) groups is 1. The second-order valence-corrected chi connectivity index (χ2v) is 10.00. The van der Waals surface area contributed by atoms with Crippen molar-refractivity contribution >= 4 is 33.2 Å². The van der Waals surface area contributed by atoms with E-state index < -0.39 is 10.0 Å². The van der Waals surface area contributed by atoms with Crippen LogP contribution in [0.3, 0.4) is 0 Å². The number of amides is 1. The van der Waals surface area contributed by atoms with E-state index in [4.69, 9.17) is 21.1 Å². The minimum Gasteiger partial charge on any atom is -0.486 e. The third kappa shape index (κ3) is 5.77. The number of benzene rings is 3. The second-order valence-electron chi connectivity index (χ2n) is 7.65. The summed E-state index contributed by atoms with van der Waals surface area (Å²) in [5.41, 5.74) is 1.67. The lowest BCUT2D eigenvalue weighted by Crippen LogP contribution is -2.40. The van der Waals surface area contributed by atoms with E-state index >= 15 is 0 Å². The van der Waals surface area contributed by atoms with Crippen molar-refractivity contribution in [1.82, 2.24) is 5.32 Å². The molecule has 1 aliphatic rings. The van der Waals surface area contributed by atoms with Crippen molar-refractivity contribution in [1.29, 1.82) is 0 Å². The normalized spacial score (nSPS) is 15.0. The molecule has 1 heterocycles. The molecule has 1 amide bonds. The molecule has 0 aromatic heterocycles. The molecule has 172 valence electrons. The highest BCUT2D eigenvalue weighted by Gasteiger charge is 2.22. The first kappa shape index (κ1) is 22.9. The number of hydrogen-bond acceptors (Lipinski definition) is 5. The van der Waals surface area contributed by atoms with Crippen LogP contribution in [0, 0.1) is 0 Å². The average Bonchev–Trinajstić information content (AvgIpc) is 2.80. The van der Waals surface area contributed by atoms with Gasteiger partial charge in [0.1, 0.15) is 12.7 Å². The summed E-state index contributed by atoms with van der Waals surface area (Å²) in [6.07, 6.45) is 0.856. The SMILES string of the molecule is CS(=O)(=O)N(Cc1ccc(C(=O)NC[C@H]2COc3ccccc3O2)cc1)c1cccc(Cl)c1. The molecule has 1 atom stereocenters. The van der Waals surface area contributed by atoms with Crippen LogP contribution < -0.4 is 19.1 Å². The third-order valence-electron chi connectivity index (χ3n) is 5.10. The van der Waals surface area contributed by atoms with E-state index in [2.05, 4.69) is 5.32 Å². The highest BCUT2D eigenvalue weighted by molar-refractivity contribution is 7.92. The summed E-state index contributed by atoms with van der Waals surface area (Å²) in [5, 5.41) is 3.30. The number of hydrogen-bond donors (Lipinski definition) is 1. The molecule has 3 aromatic rings. The lowest BCUT2D eigenvalue weighted by molar-refractivity contribution is 0.0789.